The molecule has 2 aliphatic rings. The number of benzene rings is 2. The summed E-state index contributed by atoms with van der Waals surface area (Å²) in [7, 11) is 0. The lowest BCUT2D eigenvalue weighted by Gasteiger charge is -2.38. The molecule has 128 valence electrons. The van der Waals surface area contributed by atoms with Crippen molar-refractivity contribution >= 4 is 17.3 Å². The van der Waals surface area contributed by atoms with Gasteiger partial charge in [0.2, 0.25) is 6.79 Å². The number of para-hydroxylation sites is 1. The molecule has 0 radical (unpaired) electrons. The van der Waals surface area contributed by atoms with Crippen molar-refractivity contribution in [1.82, 2.24) is 4.98 Å². The van der Waals surface area contributed by atoms with E-state index in [0.717, 1.165) is 16.9 Å². The Kier molecular flexibility index (Phi) is 3.28. The molecule has 3 heterocycles. The molecular formula is C20H15N3O3. The number of carbonyl (C=O) groups is 1. The van der Waals surface area contributed by atoms with Crippen molar-refractivity contribution in [2.75, 3.05) is 17.0 Å². The van der Waals surface area contributed by atoms with Crippen LogP contribution >= 0.6 is 0 Å². The fourth-order valence-corrected chi connectivity index (χ4v) is 3.33. The standard InChI is InChI=1S/C20H15N3O3/c24-20-15-5-1-2-6-16(15)22-19(13-4-3-9-21-11-13)23(20)14-7-8-17-18(10-14)26-12-25-17/h1-11,19,22H,12H2. The highest BCUT2D eigenvalue weighted by Gasteiger charge is 2.34. The van der Waals surface area contributed by atoms with Crippen LogP contribution in [0.1, 0.15) is 22.1 Å². The third kappa shape index (κ3) is 2.27. The summed E-state index contributed by atoms with van der Waals surface area (Å²) in [6, 6.07) is 16.8. The maximum atomic E-state index is 13.3. The van der Waals surface area contributed by atoms with E-state index in [1.54, 1.807) is 17.3 Å². The topological polar surface area (TPSA) is 63.7 Å². The van der Waals surface area contributed by atoms with Crippen LogP contribution in [0.2, 0.25) is 0 Å². The van der Waals surface area contributed by atoms with E-state index in [0.29, 0.717) is 17.1 Å². The van der Waals surface area contributed by atoms with Crippen molar-refractivity contribution in [3.63, 3.8) is 0 Å². The number of nitrogens with zero attached hydrogens (tertiary/aromatic N) is 2. The van der Waals surface area contributed by atoms with Crippen LogP contribution in [0.15, 0.2) is 67.0 Å². The zero-order valence-corrected chi connectivity index (χ0v) is 13.8. The Balaban J connectivity index is 1.65. The van der Waals surface area contributed by atoms with Gasteiger partial charge in [0.1, 0.15) is 6.17 Å². The van der Waals surface area contributed by atoms with Crippen molar-refractivity contribution < 1.29 is 14.3 Å². The lowest BCUT2D eigenvalue weighted by atomic mass is 10.0. The summed E-state index contributed by atoms with van der Waals surface area (Å²) in [6.07, 6.45) is 3.11. The number of fused-ring (bicyclic) bond motifs is 2. The number of pyridine rings is 1. The average Bonchev–Trinajstić information content (AvgIpc) is 3.16. The van der Waals surface area contributed by atoms with Crippen LogP contribution in [-0.2, 0) is 0 Å². The monoisotopic (exact) mass is 345 g/mol. The Labute approximate surface area is 150 Å². The van der Waals surface area contributed by atoms with Gasteiger partial charge >= 0.3 is 0 Å². The smallest absolute Gasteiger partial charge is 0.262 e. The lowest BCUT2D eigenvalue weighted by molar-refractivity contribution is 0.0975. The van der Waals surface area contributed by atoms with Gasteiger partial charge in [0.15, 0.2) is 11.5 Å². The second kappa shape index (κ2) is 5.77. The van der Waals surface area contributed by atoms with Crippen molar-refractivity contribution in [3.8, 4) is 11.5 Å². The highest BCUT2D eigenvalue weighted by atomic mass is 16.7. The number of nitrogens with one attached hydrogen (secondary N) is 1. The number of rotatable bonds is 2. The van der Waals surface area contributed by atoms with Crippen LogP contribution in [-0.4, -0.2) is 17.7 Å². The van der Waals surface area contributed by atoms with Gasteiger partial charge in [-0.3, -0.25) is 14.7 Å². The molecule has 5 rings (SSSR count). The fraction of sp³-hybridized carbons (Fsp3) is 0.100. The Hall–Kier alpha value is -3.54. The minimum absolute atomic E-state index is 0.0768. The fourth-order valence-electron chi connectivity index (χ4n) is 3.33. The molecule has 3 aromatic rings. The Bertz CT molecular complexity index is 991. The molecule has 1 N–H and O–H groups in total. The number of amides is 1. The first-order valence-corrected chi connectivity index (χ1v) is 8.30. The number of aromatic nitrogens is 1. The molecule has 1 unspecified atom stereocenters. The summed E-state index contributed by atoms with van der Waals surface area (Å²) in [5, 5.41) is 3.45. The molecule has 1 aromatic heterocycles. The van der Waals surface area contributed by atoms with Gasteiger partial charge in [-0.1, -0.05) is 18.2 Å². The van der Waals surface area contributed by atoms with E-state index in [9.17, 15) is 4.79 Å². The number of anilines is 2. The van der Waals surface area contributed by atoms with Crippen molar-refractivity contribution in [2.45, 2.75) is 6.17 Å². The molecule has 0 fully saturated rings. The zero-order valence-electron chi connectivity index (χ0n) is 13.8. The normalized spacial score (nSPS) is 17.6. The predicted molar refractivity (Wildman–Crippen MR) is 96.4 cm³/mol. The average molecular weight is 345 g/mol. The molecule has 2 aromatic carbocycles. The Morgan fingerprint density at radius 3 is 2.81 bits per heavy atom. The third-order valence-electron chi connectivity index (χ3n) is 4.56. The van der Waals surface area contributed by atoms with E-state index in [4.69, 9.17) is 9.47 Å². The van der Waals surface area contributed by atoms with E-state index < -0.39 is 0 Å². The highest BCUT2D eigenvalue weighted by molar-refractivity contribution is 6.12. The van der Waals surface area contributed by atoms with E-state index in [1.165, 1.54) is 0 Å². The molecule has 0 saturated carbocycles. The van der Waals surface area contributed by atoms with Crippen LogP contribution in [0, 0.1) is 0 Å². The molecule has 1 atom stereocenters. The van der Waals surface area contributed by atoms with Crippen molar-refractivity contribution in [2.24, 2.45) is 0 Å². The number of hydrogen-bond donors (Lipinski definition) is 1. The van der Waals surface area contributed by atoms with Crippen molar-refractivity contribution in [3.05, 3.63) is 78.1 Å². The summed E-state index contributed by atoms with van der Waals surface area (Å²) in [6.45, 7) is 0.194. The predicted octanol–water partition coefficient (Wildman–Crippen LogP) is 3.58. The van der Waals surface area contributed by atoms with E-state index in [1.807, 2.05) is 54.6 Å². The van der Waals surface area contributed by atoms with Gasteiger partial charge in [0.05, 0.1) is 11.3 Å². The molecular weight excluding hydrogens is 330 g/mol. The zero-order chi connectivity index (χ0) is 17.5. The first-order chi connectivity index (χ1) is 12.8. The number of hydrogen-bond acceptors (Lipinski definition) is 5. The maximum absolute atomic E-state index is 13.3. The molecule has 0 bridgehead atoms. The van der Waals surface area contributed by atoms with Gasteiger partial charge < -0.3 is 14.8 Å². The summed E-state index contributed by atoms with van der Waals surface area (Å²) in [4.78, 5) is 19.2. The SMILES string of the molecule is O=C1c2ccccc2NC(c2cccnc2)N1c1ccc2c(c1)OCO2. The maximum Gasteiger partial charge on any atom is 0.262 e. The summed E-state index contributed by atoms with van der Waals surface area (Å²) >= 11 is 0. The quantitative estimate of drug-likeness (QED) is 0.769. The van der Waals surface area contributed by atoms with Crippen LogP contribution in [0.4, 0.5) is 11.4 Å². The lowest BCUT2D eigenvalue weighted by Crippen LogP contribution is -2.43. The molecule has 0 saturated heterocycles. The van der Waals surface area contributed by atoms with Crippen molar-refractivity contribution in [1.29, 1.82) is 0 Å². The van der Waals surface area contributed by atoms with Gasteiger partial charge in [0, 0.05) is 29.7 Å². The minimum Gasteiger partial charge on any atom is -0.454 e. The summed E-state index contributed by atoms with van der Waals surface area (Å²) in [5.41, 5.74) is 3.07. The second-order valence-electron chi connectivity index (χ2n) is 6.09. The van der Waals surface area contributed by atoms with E-state index in [2.05, 4.69) is 10.3 Å². The highest BCUT2D eigenvalue weighted by Crippen LogP contribution is 2.41. The van der Waals surface area contributed by atoms with Gasteiger partial charge in [-0.25, -0.2) is 0 Å². The number of carbonyl (C=O) groups excluding carboxylic acids is 1. The van der Waals surface area contributed by atoms with E-state index in [-0.39, 0.29) is 18.9 Å². The van der Waals surface area contributed by atoms with Gasteiger partial charge in [0.25, 0.3) is 5.91 Å². The first kappa shape index (κ1) is 14.8. The Morgan fingerprint density at radius 1 is 1.04 bits per heavy atom. The second-order valence-corrected chi connectivity index (χ2v) is 6.09. The molecule has 26 heavy (non-hydrogen) atoms. The first-order valence-electron chi connectivity index (χ1n) is 8.30. The molecule has 0 aliphatic carbocycles. The largest absolute Gasteiger partial charge is 0.454 e. The van der Waals surface area contributed by atoms with Crippen LogP contribution in [0.3, 0.4) is 0 Å². The molecule has 1 amide bonds. The minimum atomic E-state index is -0.369. The summed E-state index contributed by atoms with van der Waals surface area (Å²) < 4.78 is 10.9. The van der Waals surface area contributed by atoms with E-state index >= 15 is 0 Å². The van der Waals surface area contributed by atoms with Gasteiger partial charge in [-0.15, -0.1) is 0 Å². The molecule has 6 nitrogen and oxygen atoms in total. The third-order valence-corrected chi connectivity index (χ3v) is 4.56. The van der Waals surface area contributed by atoms with Crippen LogP contribution < -0.4 is 19.7 Å². The summed E-state index contributed by atoms with van der Waals surface area (Å²) in [5.74, 6) is 1.25. The molecule has 2 aliphatic heterocycles. The molecule has 6 heteroatoms. The Morgan fingerprint density at radius 2 is 1.92 bits per heavy atom. The van der Waals surface area contributed by atoms with Crippen LogP contribution in [0.5, 0.6) is 11.5 Å². The van der Waals surface area contributed by atoms with Gasteiger partial charge in [-0.2, -0.15) is 0 Å². The van der Waals surface area contributed by atoms with Gasteiger partial charge in [-0.05, 0) is 30.3 Å². The van der Waals surface area contributed by atoms with Crippen LogP contribution in [0.25, 0.3) is 0 Å². The number of ether oxygens (including phenoxy) is 2. The molecule has 0 spiro atoms.